The lowest BCUT2D eigenvalue weighted by molar-refractivity contribution is -0.130. The first-order chi connectivity index (χ1) is 12.2. The number of hydrogen-bond donors (Lipinski definition) is 1. The summed E-state index contributed by atoms with van der Waals surface area (Å²) < 4.78 is 14.1. The Morgan fingerprint density at radius 2 is 1.65 bits per heavy atom. The van der Waals surface area contributed by atoms with Crippen LogP contribution in [-0.4, -0.2) is 37.0 Å². The van der Waals surface area contributed by atoms with Crippen molar-refractivity contribution in [1.82, 2.24) is 10.2 Å². The third kappa shape index (κ3) is 3.90. The molecule has 1 amide bonds. The van der Waals surface area contributed by atoms with E-state index in [0.717, 1.165) is 31.7 Å². The summed E-state index contributed by atoms with van der Waals surface area (Å²) in [7, 11) is 0. The minimum atomic E-state index is -0.412. The van der Waals surface area contributed by atoms with Gasteiger partial charge in [0.05, 0.1) is 0 Å². The second kappa shape index (κ2) is 8.42. The molecule has 2 aliphatic heterocycles. The standard InChI is InChI=1S/C20H21FN2OS.ClH/c21-17-8-4-5-9-18(17)25-19(14-6-2-1-3-7-14)20(24)23-12-15-10-22-11-16(15)13-23;/h1-9,15-16,19,22H,10-13H2;1H/t15-,16+,19?;. The number of amides is 1. The average Bonchev–Trinajstić information content (AvgIpc) is 3.23. The fraction of sp³-hybridized carbons (Fsp3) is 0.350. The SMILES string of the molecule is Cl.O=C(C(Sc1ccccc1F)c1ccccc1)N1C[C@H]2CNC[C@H]2C1. The first-order valence-electron chi connectivity index (χ1n) is 8.68. The highest BCUT2D eigenvalue weighted by Crippen LogP contribution is 2.39. The topological polar surface area (TPSA) is 32.3 Å². The second-order valence-corrected chi connectivity index (χ2v) is 7.91. The van der Waals surface area contributed by atoms with Gasteiger partial charge in [-0.2, -0.15) is 0 Å². The molecular formula is C20H22ClFN2OS. The highest BCUT2D eigenvalue weighted by molar-refractivity contribution is 8.00. The van der Waals surface area contributed by atoms with Crippen molar-refractivity contribution in [3.05, 3.63) is 66.0 Å². The number of thioether (sulfide) groups is 1. The zero-order valence-corrected chi connectivity index (χ0v) is 15.9. The van der Waals surface area contributed by atoms with Crippen LogP contribution in [0.15, 0.2) is 59.5 Å². The first-order valence-corrected chi connectivity index (χ1v) is 9.56. The van der Waals surface area contributed by atoms with Gasteiger partial charge in [0.2, 0.25) is 5.91 Å². The molecule has 0 spiro atoms. The van der Waals surface area contributed by atoms with Crippen LogP contribution >= 0.6 is 24.2 Å². The molecule has 1 unspecified atom stereocenters. The maximum absolute atomic E-state index is 14.1. The van der Waals surface area contributed by atoms with Gasteiger partial charge in [-0.3, -0.25) is 4.79 Å². The average molecular weight is 393 g/mol. The number of rotatable bonds is 4. The summed E-state index contributed by atoms with van der Waals surface area (Å²) >= 11 is 1.31. The fourth-order valence-electron chi connectivity index (χ4n) is 3.76. The Kier molecular flexibility index (Phi) is 6.22. The number of fused-ring (bicyclic) bond motifs is 1. The molecule has 2 heterocycles. The van der Waals surface area contributed by atoms with Gasteiger partial charge in [-0.25, -0.2) is 4.39 Å². The van der Waals surface area contributed by atoms with Crippen molar-refractivity contribution in [2.24, 2.45) is 11.8 Å². The van der Waals surface area contributed by atoms with Crippen LogP contribution in [0.25, 0.3) is 0 Å². The van der Waals surface area contributed by atoms with Gasteiger partial charge in [-0.1, -0.05) is 42.5 Å². The smallest absolute Gasteiger partial charge is 0.240 e. The quantitative estimate of drug-likeness (QED) is 0.804. The van der Waals surface area contributed by atoms with Crippen molar-refractivity contribution >= 4 is 30.1 Å². The van der Waals surface area contributed by atoms with E-state index in [1.807, 2.05) is 41.3 Å². The van der Waals surface area contributed by atoms with Crippen molar-refractivity contribution in [3.63, 3.8) is 0 Å². The van der Waals surface area contributed by atoms with Crippen molar-refractivity contribution in [2.45, 2.75) is 10.1 Å². The van der Waals surface area contributed by atoms with E-state index in [1.165, 1.54) is 17.8 Å². The minimum Gasteiger partial charge on any atom is -0.341 e. The van der Waals surface area contributed by atoms with Gasteiger partial charge in [0.25, 0.3) is 0 Å². The van der Waals surface area contributed by atoms with Gasteiger partial charge in [-0.15, -0.1) is 24.2 Å². The van der Waals surface area contributed by atoms with Crippen molar-refractivity contribution in [3.8, 4) is 0 Å². The lowest BCUT2D eigenvalue weighted by Gasteiger charge is -2.24. The van der Waals surface area contributed by atoms with Crippen molar-refractivity contribution in [2.75, 3.05) is 26.2 Å². The van der Waals surface area contributed by atoms with E-state index in [2.05, 4.69) is 5.32 Å². The van der Waals surface area contributed by atoms with Crippen LogP contribution < -0.4 is 5.32 Å². The summed E-state index contributed by atoms with van der Waals surface area (Å²) in [6.45, 7) is 3.59. The molecular weight excluding hydrogens is 371 g/mol. The Morgan fingerprint density at radius 3 is 2.31 bits per heavy atom. The molecule has 0 bridgehead atoms. The number of carbonyl (C=O) groups excluding carboxylic acids is 1. The van der Waals surface area contributed by atoms with E-state index in [1.54, 1.807) is 12.1 Å². The Balaban J connectivity index is 0.00000196. The minimum absolute atomic E-state index is 0. The monoisotopic (exact) mass is 392 g/mol. The Bertz CT molecular complexity index is 748. The number of benzene rings is 2. The summed E-state index contributed by atoms with van der Waals surface area (Å²) in [6, 6.07) is 16.4. The predicted octanol–water partition coefficient (Wildman–Crippen LogP) is 3.76. The molecule has 0 aromatic heterocycles. The maximum atomic E-state index is 14.1. The Hall–Kier alpha value is -1.56. The third-order valence-corrected chi connectivity index (χ3v) is 6.40. The van der Waals surface area contributed by atoms with E-state index in [0.29, 0.717) is 16.7 Å². The lowest BCUT2D eigenvalue weighted by atomic mass is 10.0. The van der Waals surface area contributed by atoms with Gasteiger partial charge >= 0.3 is 0 Å². The van der Waals surface area contributed by atoms with Crippen LogP contribution in [0.5, 0.6) is 0 Å². The largest absolute Gasteiger partial charge is 0.341 e. The van der Waals surface area contributed by atoms with E-state index in [4.69, 9.17) is 0 Å². The van der Waals surface area contributed by atoms with Crippen LogP contribution in [0.2, 0.25) is 0 Å². The van der Waals surface area contributed by atoms with Crippen molar-refractivity contribution < 1.29 is 9.18 Å². The number of likely N-dealkylation sites (tertiary alicyclic amines) is 1. The molecule has 2 aromatic carbocycles. The molecule has 0 saturated carbocycles. The summed E-state index contributed by atoms with van der Waals surface area (Å²) in [4.78, 5) is 15.7. The maximum Gasteiger partial charge on any atom is 0.240 e. The molecule has 3 nitrogen and oxygen atoms in total. The molecule has 0 aliphatic carbocycles. The predicted molar refractivity (Wildman–Crippen MR) is 105 cm³/mol. The van der Waals surface area contributed by atoms with E-state index in [9.17, 15) is 9.18 Å². The molecule has 2 aromatic rings. The van der Waals surface area contributed by atoms with E-state index < -0.39 is 5.25 Å². The summed E-state index contributed by atoms with van der Waals surface area (Å²) in [5.74, 6) is 0.926. The third-order valence-electron chi connectivity index (χ3n) is 5.11. The molecule has 138 valence electrons. The molecule has 1 N–H and O–H groups in total. The van der Waals surface area contributed by atoms with Crippen LogP contribution in [0.1, 0.15) is 10.8 Å². The zero-order chi connectivity index (χ0) is 17.2. The Labute approximate surface area is 163 Å². The normalized spacial score (nSPS) is 22.6. The molecule has 0 radical (unpaired) electrons. The molecule has 26 heavy (non-hydrogen) atoms. The number of hydrogen-bond acceptors (Lipinski definition) is 3. The van der Waals surface area contributed by atoms with Gasteiger partial charge in [-0.05, 0) is 29.5 Å². The number of nitrogens with zero attached hydrogens (tertiary/aromatic N) is 1. The molecule has 6 heteroatoms. The van der Waals surface area contributed by atoms with Crippen molar-refractivity contribution in [1.29, 1.82) is 0 Å². The van der Waals surface area contributed by atoms with Gasteiger partial charge in [0.1, 0.15) is 11.1 Å². The highest BCUT2D eigenvalue weighted by Gasteiger charge is 2.40. The molecule has 4 rings (SSSR count). The molecule has 2 fully saturated rings. The Morgan fingerprint density at radius 1 is 1.04 bits per heavy atom. The zero-order valence-electron chi connectivity index (χ0n) is 14.3. The van der Waals surface area contributed by atoms with Gasteiger partial charge in [0, 0.05) is 31.1 Å². The molecule has 3 atom stereocenters. The van der Waals surface area contributed by atoms with E-state index in [-0.39, 0.29) is 24.1 Å². The van der Waals surface area contributed by atoms with Crippen LogP contribution in [-0.2, 0) is 4.79 Å². The summed E-state index contributed by atoms with van der Waals surface area (Å²) in [6.07, 6.45) is 0. The van der Waals surface area contributed by atoms with Gasteiger partial charge < -0.3 is 10.2 Å². The number of carbonyl (C=O) groups is 1. The highest BCUT2D eigenvalue weighted by atomic mass is 35.5. The number of nitrogens with one attached hydrogen (secondary N) is 1. The van der Waals surface area contributed by atoms with Gasteiger partial charge in [0.15, 0.2) is 0 Å². The lowest BCUT2D eigenvalue weighted by Crippen LogP contribution is -2.34. The number of halogens is 2. The first kappa shape index (κ1) is 19.2. The fourth-order valence-corrected chi connectivity index (χ4v) is 4.89. The molecule has 2 saturated heterocycles. The summed E-state index contributed by atoms with van der Waals surface area (Å²) in [5, 5.41) is 2.99. The van der Waals surface area contributed by atoms with E-state index >= 15 is 0 Å². The van der Waals surface area contributed by atoms with Crippen LogP contribution in [0, 0.1) is 17.7 Å². The molecule has 2 aliphatic rings. The second-order valence-electron chi connectivity index (χ2n) is 6.76. The van der Waals surface area contributed by atoms with Crippen LogP contribution in [0.3, 0.4) is 0 Å². The van der Waals surface area contributed by atoms with Crippen LogP contribution in [0.4, 0.5) is 4.39 Å². The summed E-state index contributed by atoms with van der Waals surface area (Å²) in [5.41, 5.74) is 0.927.